The van der Waals surface area contributed by atoms with Crippen LogP contribution in [0, 0.1) is 6.92 Å². The Kier molecular flexibility index (Phi) is 4.12. The number of amides is 1. The van der Waals surface area contributed by atoms with Crippen LogP contribution in [0.2, 0.25) is 0 Å². The zero-order valence-corrected chi connectivity index (χ0v) is 13.3. The van der Waals surface area contributed by atoms with Crippen LogP contribution in [0.5, 0.6) is 0 Å². The lowest BCUT2D eigenvalue weighted by atomic mass is 9.95. The van der Waals surface area contributed by atoms with Gasteiger partial charge < -0.3 is 5.11 Å². The predicted molar refractivity (Wildman–Crippen MR) is 85.8 cm³/mol. The molecule has 0 aliphatic carbocycles. The van der Waals surface area contributed by atoms with Crippen LogP contribution in [0.15, 0.2) is 59.7 Å². The van der Waals surface area contributed by atoms with Crippen molar-refractivity contribution in [1.82, 2.24) is 5.01 Å². The first-order valence-corrected chi connectivity index (χ1v) is 7.55. The van der Waals surface area contributed by atoms with Crippen molar-refractivity contribution < 1.29 is 23.1 Å². The van der Waals surface area contributed by atoms with Gasteiger partial charge in [-0.05, 0) is 19.1 Å². The van der Waals surface area contributed by atoms with Crippen LogP contribution in [0.1, 0.15) is 27.9 Å². The molecule has 0 fully saturated rings. The van der Waals surface area contributed by atoms with Crippen molar-refractivity contribution in [2.45, 2.75) is 25.2 Å². The van der Waals surface area contributed by atoms with E-state index in [0.717, 1.165) is 5.56 Å². The predicted octanol–water partition coefficient (Wildman–Crippen LogP) is 3.60. The summed E-state index contributed by atoms with van der Waals surface area (Å²) in [7, 11) is 0. The largest absolute Gasteiger partial charge is 0.431 e. The van der Waals surface area contributed by atoms with E-state index in [9.17, 15) is 23.1 Å². The second kappa shape index (κ2) is 6.00. The topological polar surface area (TPSA) is 52.9 Å². The molecular weight excluding hydrogens is 333 g/mol. The summed E-state index contributed by atoms with van der Waals surface area (Å²) in [6.07, 6.45) is -5.55. The van der Waals surface area contributed by atoms with Crippen molar-refractivity contribution in [3.63, 3.8) is 0 Å². The minimum atomic E-state index is -4.73. The van der Waals surface area contributed by atoms with Crippen LogP contribution in [-0.2, 0) is 5.72 Å². The molecule has 1 aliphatic heterocycles. The maximum absolute atomic E-state index is 13.2. The van der Waals surface area contributed by atoms with Gasteiger partial charge in [0.15, 0.2) is 5.72 Å². The first-order chi connectivity index (χ1) is 11.7. The van der Waals surface area contributed by atoms with E-state index < -0.39 is 29.9 Å². The highest BCUT2D eigenvalue weighted by Crippen LogP contribution is 2.40. The Morgan fingerprint density at radius 3 is 2.44 bits per heavy atom. The molecule has 130 valence electrons. The Balaban J connectivity index is 2.09. The highest BCUT2D eigenvalue weighted by atomic mass is 19.4. The third-order valence-corrected chi connectivity index (χ3v) is 4.01. The fraction of sp³-hybridized carbons (Fsp3) is 0.222. The lowest BCUT2D eigenvalue weighted by molar-refractivity contribution is -0.0816. The summed E-state index contributed by atoms with van der Waals surface area (Å²) >= 11 is 0. The molecule has 4 nitrogen and oxygen atoms in total. The standard InChI is InChI=1S/C18H15F3N2O2/c1-12-6-5-9-14(10-12)17(25)11-15(18(19,20)21)22-23(17)16(24)13-7-3-2-4-8-13/h2-10,25H,11H2,1H3. The number of benzene rings is 2. The molecule has 1 N–H and O–H groups in total. The van der Waals surface area contributed by atoms with Gasteiger partial charge in [0.05, 0.1) is 6.42 Å². The smallest absolute Gasteiger partial charge is 0.365 e. The van der Waals surface area contributed by atoms with Gasteiger partial charge >= 0.3 is 6.18 Å². The minimum Gasteiger partial charge on any atom is -0.365 e. The second-order valence-corrected chi connectivity index (χ2v) is 5.89. The average molecular weight is 348 g/mol. The number of hydrazone groups is 1. The Bertz CT molecular complexity index is 834. The molecule has 7 heteroatoms. The number of alkyl halides is 3. The molecule has 2 aromatic rings. The number of hydrogen-bond donors (Lipinski definition) is 1. The number of aryl methyl sites for hydroxylation is 1. The van der Waals surface area contributed by atoms with E-state index >= 15 is 0 Å². The Labute approximate surface area is 142 Å². The van der Waals surface area contributed by atoms with Crippen molar-refractivity contribution in [3.05, 3.63) is 71.3 Å². The summed E-state index contributed by atoms with van der Waals surface area (Å²) in [5, 5.41) is 15.0. The van der Waals surface area contributed by atoms with Gasteiger partial charge in [-0.1, -0.05) is 48.0 Å². The molecule has 3 rings (SSSR count). The third kappa shape index (κ3) is 3.15. The Morgan fingerprint density at radius 2 is 1.84 bits per heavy atom. The SMILES string of the molecule is Cc1cccc(C2(O)CC(C(F)(F)F)=NN2C(=O)c2ccccc2)c1. The highest BCUT2D eigenvalue weighted by molar-refractivity contribution is 5.99. The van der Waals surface area contributed by atoms with Crippen molar-refractivity contribution in [3.8, 4) is 0 Å². The van der Waals surface area contributed by atoms with Gasteiger partial charge in [-0.25, -0.2) is 0 Å². The van der Waals surface area contributed by atoms with Crippen LogP contribution in [-0.4, -0.2) is 27.9 Å². The van der Waals surface area contributed by atoms with E-state index in [-0.39, 0.29) is 11.1 Å². The summed E-state index contributed by atoms with van der Waals surface area (Å²) in [5.41, 5.74) is -2.32. The van der Waals surface area contributed by atoms with Crippen molar-refractivity contribution in [2.24, 2.45) is 5.10 Å². The molecule has 1 unspecified atom stereocenters. The van der Waals surface area contributed by atoms with Gasteiger partial charge in [0.1, 0.15) is 5.71 Å². The number of halogens is 3. The summed E-state index contributed by atoms with van der Waals surface area (Å²) < 4.78 is 39.5. The number of carbonyl (C=O) groups is 1. The van der Waals surface area contributed by atoms with E-state index in [1.54, 1.807) is 43.3 Å². The first-order valence-electron chi connectivity index (χ1n) is 7.55. The van der Waals surface area contributed by atoms with Gasteiger partial charge in [-0.2, -0.15) is 23.3 Å². The number of nitrogens with zero attached hydrogens (tertiary/aromatic N) is 2. The van der Waals surface area contributed by atoms with E-state index in [0.29, 0.717) is 5.01 Å². The lowest BCUT2D eigenvalue weighted by Gasteiger charge is -2.31. The van der Waals surface area contributed by atoms with Gasteiger partial charge in [-0.3, -0.25) is 4.79 Å². The summed E-state index contributed by atoms with van der Waals surface area (Å²) in [5.74, 6) is -0.802. The number of hydrogen-bond acceptors (Lipinski definition) is 3. The maximum atomic E-state index is 13.2. The second-order valence-electron chi connectivity index (χ2n) is 5.89. The third-order valence-electron chi connectivity index (χ3n) is 4.01. The fourth-order valence-electron chi connectivity index (χ4n) is 2.74. The molecule has 0 saturated carbocycles. The minimum absolute atomic E-state index is 0.140. The van der Waals surface area contributed by atoms with Crippen LogP contribution in [0.3, 0.4) is 0 Å². The van der Waals surface area contributed by atoms with Crippen LogP contribution >= 0.6 is 0 Å². The van der Waals surface area contributed by atoms with Crippen molar-refractivity contribution in [1.29, 1.82) is 0 Å². The number of aliphatic hydroxyl groups is 1. The van der Waals surface area contributed by atoms with E-state index in [2.05, 4.69) is 5.10 Å². The molecule has 1 amide bonds. The molecule has 1 heterocycles. The molecule has 0 radical (unpaired) electrons. The normalized spacial score (nSPS) is 20.5. The molecule has 0 saturated heterocycles. The molecule has 1 aliphatic rings. The summed E-state index contributed by atoms with van der Waals surface area (Å²) in [6.45, 7) is 1.75. The van der Waals surface area contributed by atoms with Gasteiger partial charge in [0.2, 0.25) is 0 Å². The summed E-state index contributed by atoms with van der Waals surface area (Å²) in [4.78, 5) is 12.7. The van der Waals surface area contributed by atoms with E-state index in [1.807, 2.05) is 0 Å². The molecular formula is C18H15F3N2O2. The van der Waals surface area contributed by atoms with E-state index in [1.165, 1.54) is 18.2 Å². The van der Waals surface area contributed by atoms with Crippen LogP contribution in [0.4, 0.5) is 13.2 Å². The van der Waals surface area contributed by atoms with Gasteiger partial charge in [0, 0.05) is 11.1 Å². The number of rotatable bonds is 2. The zero-order chi connectivity index (χ0) is 18.2. The Morgan fingerprint density at radius 1 is 1.16 bits per heavy atom. The zero-order valence-electron chi connectivity index (χ0n) is 13.3. The molecule has 0 bridgehead atoms. The Hall–Kier alpha value is -2.67. The first kappa shape index (κ1) is 17.2. The quantitative estimate of drug-likeness (QED) is 0.901. The van der Waals surface area contributed by atoms with E-state index in [4.69, 9.17) is 0 Å². The molecule has 1 atom stereocenters. The van der Waals surface area contributed by atoms with Crippen LogP contribution < -0.4 is 0 Å². The van der Waals surface area contributed by atoms with Gasteiger partial charge in [0.25, 0.3) is 5.91 Å². The monoisotopic (exact) mass is 348 g/mol. The highest BCUT2D eigenvalue weighted by Gasteiger charge is 2.53. The maximum Gasteiger partial charge on any atom is 0.431 e. The molecule has 0 spiro atoms. The average Bonchev–Trinajstić information content (AvgIpc) is 2.94. The number of carbonyl (C=O) groups excluding carboxylic acids is 1. The van der Waals surface area contributed by atoms with Crippen molar-refractivity contribution in [2.75, 3.05) is 0 Å². The van der Waals surface area contributed by atoms with Crippen molar-refractivity contribution >= 4 is 11.6 Å². The van der Waals surface area contributed by atoms with Gasteiger partial charge in [-0.15, -0.1) is 0 Å². The fourth-order valence-corrected chi connectivity index (χ4v) is 2.74. The van der Waals surface area contributed by atoms with Crippen LogP contribution in [0.25, 0.3) is 0 Å². The molecule has 25 heavy (non-hydrogen) atoms. The lowest BCUT2D eigenvalue weighted by Crippen LogP contribution is -2.43. The molecule has 0 aromatic heterocycles. The molecule has 2 aromatic carbocycles. The summed E-state index contributed by atoms with van der Waals surface area (Å²) in [6, 6.07) is 14.1.